The normalized spacial score (nSPS) is 11.2. The number of H-pyrrole nitrogens is 1. The van der Waals surface area contributed by atoms with Crippen molar-refractivity contribution < 1.29 is 4.79 Å². The van der Waals surface area contributed by atoms with E-state index >= 15 is 0 Å². The predicted molar refractivity (Wildman–Crippen MR) is 103 cm³/mol. The summed E-state index contributed by atoms with van der Waals surface area (Å²) in [6.07, 6.45) is 5.69. The lowest BCUT2D eigenvalue weighted by Crippen LogP contribution is -2.12. The monoisotopic (exact) mass is 359 g/mol. The standard InChI is InChI=1S/C19H13N5OS/c25-18(15-3-1-2-13-10-20-23-17(13)15)21-14-6-4-12(5-7-14)16-11-24-8-9-26-19(24)22-16/h1-11H,(H,20,23)(H,21,25). The van der Waals surface area contributed by atoms with Gasteiger partial charge in [-0.15, -0.1) is 11.3 Å². The van der Waals surface area contributed by atoms with Gasteiger partial charge < -0.3 is 5.32 Å². The van der Waals surface area contributed by atoms with Gasteiger partial charge in [0.2, 0.25) is 0 Å². The van der Waals surface area contributed by atoms with Crippen molar-refractivity contribution in [3.63, 3.8) is 0 Å². The van der Waals surface area contributed by atoms with Gasteiger partial charge in [0.05, 0.1) is 23.0 Å². The van der Waals surface area contributed by atoms with Gasteiger partial charge in [-0.1, -0.05) is 24.3 Å². The number of hydrogen-bond donors (Lipinski definition) is 2. The highest BCUT2D eigenvalue weighted by Gasteiger charge is 2.12. The van der Waals surface area contributed by atoms with Gasteiger partial charge in [0, 0.05) is 34.4 Å². The van der Waals surface area contributed by atoms with E-state index in [2.05, 4.69) is 20.5 Å². The highest BCUT2D eigenvalue weighted by Crippen LogP contribution is 2.24. The number of aromatic amines is 1. The number of benzene rings is 2. The smallest absolute Gasteiger partial charge is 0.257 e. The summed E-state index contributed by atoms with van der Waals surface area (Å²) in [5, 5.41) is 12.7. The van der Waals surface area contributed by atoms with Crippen LogP contribution in [0.25, 0.3) is 27.1 Å². The lowest BCUT2D eigenvalue weighted by atomic mass is 10.1. The van der Waals surface area contributed by atoms with E-state index in [4.69, 9.17) is 0 Å². The third kappa shape index (κ3) is 2.46. The average Bonchev–Trinajstić information content (AvgIpc) is 3.37. The first-order valence-electron chi connectivity index (χ1n) is 8.04. The SMILES string of the molecule is O=C(Nc1ccc(-c2cn3ccsc3n2)cc1)c1cccc2cn[nH]c12. The maximum atomic E-state index is 12.6. The summed E-state index contributed by atoms with van der Waals surface area (Å²) in [6, 6.07) is 13.2. The third-order valence-electron chi connectivity index (χ3n) is 4.25. The fourth-order valence-electron chi connectivity index (χ4n) is 2.95. The van der Waals surface area contributed by atoms with Crippen molar-refractivity contribution in [3.8, 4) is 11.3 Å². The van der Waals surface area contributed by atoms with E-state index < -0.39 is 0 Å². The van der Waals surface area contributed by atoms with Crippen LogP contribution in [0, 0.1) is 0 Å². The highest BCUT2D eigenvalue weighted by atomic mass is 32.1. The Hall–Kier alpha value is -3.45. The Morgan fingerprint density at radius 2 is 2.04 bits per heavy atom. The number of carbonyl (C=O) groups excluding carboxylic acids is 1. The van der Waals surface area contributed by atoms with Crippen LogP contribution in [0.1, 0.15) is 10.4 Å². The molecule has 1 amide bonds. The zero-order valence-corrected chi connectivity index (χ0v) is 14.3. The van der Waals surface area contributed by atoms with Crippen molar-refractivity contribution in [1.82, 2.24) is 19.6 Å². The number of aromatic nitrogens is 4. The summed E-state index contributed by atoms with van der Waals surface area (Å²) < 4.78 is 2.00. The molecular weight excluding hydrogens is 346 g/mol. The molecule has 0 aliphatic carbocycles. The number of nitrogens with one attached hydrogen (secondary N) is 2. The molecule has 3 heterocycles. The molecule has 7 heteroatoms. The van der Waals surface area contributed by atoms with E-state index in [0.29, 0.717) is 5.56 Å². The van der Waals surface area contributed by atoms with Crippen LogP contribution < -0.4 is 5.32 Å². The maximum absolute atomic E-state index is 12.6. The number of thiazole rings is 1. The van der Waals surface area contributed by atoms with Gasteiger partial charge in [0.15, 0.2) is 4.96 Å². The molecule has 6 nitrogen and oxygen atoms in total. The van der Waals surface area contributed by atoms with Crippen molar-refractivity contribution in [3.05, 3.63) is 72.0 Å². The van der Waals surface area contributed by atoms with Crippen LogP contribution in [0.15, 0.2) is 66.4 Å². The van der Waals surface area contributed by atoms with Gasteiger partial charge in [0.25, 0.3) is 5.91 Å². The van der Waals surface area contributed by atoms with E-state index in [9.17, 15) is 4.79 Å². The van der Waals surface area contributed by atoms with E-state index in [1.165, 1.54) is 0 Å². The largest absolute Gasteiger partial charge is 0.322 e. The molecule has 5 aromatic rings. The van der Waals surface area contributed by atoms with Crippen molar-refractivity contribution in [2.45, 2.75) is 0 Å². The van der Waals surface area contributed by atoms with Crippen LogP contribution in [0.4, 0.5) is 5.69 Å². The fourth-order valence-corrected chi connectivity index (χ4v) is 3.65. The molecule has 0 saturated heterocycles. The minimum Gasteiger partial charge on any atom is -0.322 e. The summed E-state index contributed by atoms with van der Waals surface area (Å²) in [5.74, 6) is -0.171. The van der Waals surface area contributed by atoms with E-state index in [0.717, 1.165) is 32.8 Å². The molecular formula is C19H13N5OS. The van der Waals surface area contributed by atoms with Crippen LogP contribution >= 0.6 is 11.3 Å². The van der Waals surface area contributed by atoms with Crippen LogP contribution in [0.5, 0.6) is 0 Å². The lowest BCUT2D eigenvalue weighted by Gasteiger charge is -2.07. The second-order valence-corrected chi connectivity index (χ2v) is 6.76. The first-order chi connectivity index (χ1) is 12.8. The Balaban J connectivity index is 1.40. The number of rotatable bonds is 3. The fraction of sp³-hybridized carbons (Fsp3) is 0. The number of imidazole rings is 1. The minimum atomic E-state index is -0.171. The molecule has 2 aromatic carbocycles. The molecule has 0 bridgehead atoms. The van der Waals surface area contributed by atoms with Gasteiger partial charge in [-0.05, 0) is 18.2 Å². The van der Waals surface area contributed by atoms with Gasteiger partial charge in [-0.2, -0.15) is 5.10 Å². The summed E-state index contributed by atoms with van der Waals surface area (Å²) in [4.78, 5) is 18.1. The summed E-state index contributed by atoms with van der Waals surface area (Å²) in [7, 11) is 0. The molecule has 0 spiro atoms. The van der Waals surface area contributed by atoms with Crippen molar-refractivity contribution in [2.75, 3.05) is 5.32 Å². The van der Waals surface area contributed by atoms with Crippen molar-refractivity contribution in [2.24, 2.45) is 0 Å². The van der Waals surface area contributed by atoms with Crippen LogP contribution in [-0.4, -0.2) is 25.5 Å². The second-order valence-electron chi connectivity index (χ2n) is 5.89. The molecule has 0 fully saturated rings. The lowest BCUT2D eigenvalue weighted by molar-refractivity contribution is 0.102. The summed E-state index contributed by atoms with van der Waals surface area (Å²) in [5.41, 5.74) is 3.96. The first kappa shape index (κ1) is 14.9. The molecule has 126 valence electrons. The number of fused-ring (bicyclic) bond motifs is 2. The van der Waals surface area contributed by atoms with Crippen LogP contribution in [0.2, 0.25) is 0 Å². The zero-order chi connectivity index (χ0) is 17.5. The van der Waals surface area contributed by atoms with E-state index in [-0.39, 0.29) is 5.91 Å². The second kappa shape index (κ2) is 5.82. The maximum Gasteiger partial charge on any atom is 0.257 e. The molecule has 2 N–H and O–H groups in total. The van der Waals surface area contributed by atoms with Gasteiger partial charge in [-0.3, -0.25) is 14.3 Å². The molecule has 0 aliphatic rings. The molecule has 5 rings (SSSR count). The molecule has 26 heavy (non-hydrogen) atoms. The molecule has 3 aromatic heterocycles. The minimum absolute atomic E-state index is 0.171. The molecule has 0 saturated carbocycles. The quantitative estimate of drug-likeness (QED) is 0.507. The number of nitrogens with zero attached hydrogens (tertiary/aromatic N) is 3. The Morgan fingerprint density at radius 3 is 2.88 bits per heavy atom. The topological polar surface area (TPSA) is 75.1 Å². The van der Waals surface area contributed by atoms with Gasteiger partial charge in [-0.25, -0.2) is 4.98 Å². The highest BCUT2D eigenvalue weighted by molar-refractivity contribution is 7.15. The van der Waals surface area contributed by atoms with Crippen molar-refractivity contribution in [1.29, 1.82) is 0 Å². The van der Waals surface area contributed by atoms with E-state index in [1.54, 1.807) is 23.6 Å². The summed E-state index contributed by atoms with van der Waals surface area (Å²) >= 11 is 1.60. The van der Waals surface area contributed by atoms with Gasteiger partial charge in [0.1, 0.15) is 0 Å². The van der Waals surface area contributed by atoms with Crippen LogP contribution in [-0.2, 0) is 0 Å². The number of carbonyl (C=O) groups is 1. The molecule has 0 unspecified atom stereocenters. The molecule has 0 aliphatic heterocycles. The average molecular weight is 359 g/mol. The summed E-state index contributed by atoms with van der Waals surface area (Å²) in [6.45, 7) is 0. The molecule has 0 radical (unpaired) electrons. The van der Waals surface area contributed by atoms with E-state index in [1.807, 2.05) is 58.6 Å². The first-order valence-corrected chi connectivity index (χ1v) is 8.92. The Kier molecular flexibility index (Phi) is 3.32. The van der Waals surface area contributed by atoms with Crippen LogP contribution in [0.3, 0.4) is 0 Å². The predicted octanol–water partition coefficient (Wildman–Crippen LogP) is 4.19. The van der Waals surface area contributed by atoms with Crippen molar-refractivity contribution >= 4 is 38.8 Å². The Bertz CT molecular complexity index is 1200. The number of amides is 1. The zero-order valence-electron chi connectivity index (χ0n) is 13.5. The molecule has 0 atom stereocenters. The Morgan fingerprint density at radius 1 is 1.15 bits per heavy atom. The number of para-hydroxylation sites is 1. The number of anilines is 1. The Labute approximate surface area is 152 Å². The number of hydrogen-bond acceptors (Lipinski definition) is 4. The third-order valence-corrected chi connectivity index (χ3v) is 5.02. The van der Waals surface area contributed by atoms with Gasteiger partial charge >= 0.3 is 0 Å².